The summed E-state index contributed by atoms with van der Waals surface area (Å²) in [5.74, 6) is 3.71. The fraction of sp³-hybridized carbons (Fsp3) is 0.600. The van der Waals surface area contributed by atoms with Crippen molar-refractivity contribution in [2.45, 2.75) is 51.0 Å². The highest BCUT2D eigenvalue weighted by molar-refractivity contribution is 5.56. The lowest BCUT2D eigenvalue weighted by Crippen LogP contribution is -2.33. The monoisotopic (exact) mass is 339 g/mol. The highest BCUT2D eigenvalue weighted by atomic mass is 15.3. The molecule has 0 amide bonds. The van der Waals surface area contributed by atoms with E-state index in [2.05, 4.69) is 33.4 Å². The van der Waals surface area contributed by atoms with Crippen LogP contribution in [-0.4, -0.2) is 29.6 Å². The van der Waals surface area contributed by atoms with Crippen LogP contribution in [0.1, 0.15) is 44.3 Å². The van der Waals surface area contributed by atoms with Gasteiger partial charge in [0.2, 0.25) is 0 Å². The minimum atomic E-state index is 0.453. The summed E-state index contributed by atoms with van der Waals surface area (Å²) in [6, 6.07) is 2.38. The molecule has 1 aliphatic heterocycles. The van der Waals surface area contributed by atoms with Crippen LogP contribution in [0.4, 0.5) is 11.6 Å². The van der Waals surface area contributed by atoms with Gasteiger partial charge in [0.1, 0.15) is 17.5 Å². The van der Waals surface area contributed by atoms with Gasteiger partial charge in [0.25, 0.3) is 0 Å². The zero-order valence-electron chi connectivity index (χ0n) is 15.1. The van der Waals surface area contributed by atoms with E-state index in [1.54, 1.807) is 0 Å². The lowest BCUT2D eigenvalue weighted by molar-refractivity contribution is 0.351. The van der Waals surface area contributed by atoms with Crippen molar-refractivity contribution in [3.05, 3.63) is 35.8 Å². The number of nitrogens with two attached hydrogens (primary N) is 1. The van der Waals surface area contributed by atoms with Crippen molar-refractivity contribution in [1.82, 2.24) is 15.3 Å². The lowest BCUT2D eigenvalue weighted by Gasteiger charge is -2.24. The van der Waals surface area contributed by atoms with E-state index in [0.717, 1.165) is 36.9 Å². The molecule has 2 atom stereocenters. The molecule has 2 heterocycles. The van der Waals surface area contributed by atoms with Crippen molar-refractivity contribution in [2.24, 2.45) is 11.8 Å². The molecule has 5 nitrogen and oxygen atoms in total. The number of nitrogen functional groups attached to an aromatic ring is 1. The van der Waals surface area contributed by atoms with Crippen molar-refractivity contribution < 1.29 is 0 Å². The number of nitrogens with zero attached hydrogens (tertiary/aromatic N) is 3. The highest BCUT2D eigenvalue weighted by Crippen LogP contribution is 2.37. The molecule has 3 N–H and O–H groups in total. The quantitative estimate of drug-likeness (QED) is 0.882. The molecule has 0 spiro atoms. The summed E-state index contributed by atoms with van der Waals surface area (Å²) >= 11 is 0. The highest BCUT2D eigenvalue weighted by Gasteiger charge is 2.37. The molecule has 2 unspecified atom stereocenters. The SMILES string of the molecule is CNC1CN(c2cc(N)nc(CC3CCCCC3)n2)C2=CC=CCC21. The van der Waals surface area contributed by atoms with E-state index in [4.69, 9.17) is 10.7 Å². The van der Waals surface area contributed by atoms with Crippen molar-refractivity contribution >= 4 is 11.6 Å². The normalized spacial score (nSPS) is 26.6. The standard InChI is InChI=1S/C20H29N5/c1-22-16-13-25(17-10-6-5-9-15(16)17)20-12-18(21)23-19(24-20)11-14-7-3-2-4-8-14/h5-6,10,12,14-16,22H,2-4,7-9,11,13H2,1H3,(H2,21,23,24). The van der Waals surface area contributed by atoms with Crippen LogP contribution < -0.4 is 16.0 Å². The summed E-state index contributed by atoms with van der Waals surface area (Å²) < 4.78 is 0. The first-order valence-electron chi connectivity index (χ1n) is 9.69. The predicted octanol–water partition coefficient (Wildman–Crippen LogP) is 3.05. The first-order valence-corrected chi connectivity index (χ1v) is 9.69. The minimum Gasteiger partial charge on any atom is -0.384 e. The van der Waals surface area contributed by atoms with Gasteiger partial charge < -0.3 is 16.0 Å². The largest absolute Gasteiger partial charge is 0.384 e. The number of anilines is 2. The topological polar surface area (TPSA) is 67.1 Å². The van der Waals surface area contributed by atoms with E-state index in [1.807, 2.05) is 13.1 Å². The maximum atomic E-state index is 6.14. The molecule has 25 heavy (non-hydrogen) atoms. The Bertz CT molecular complexity index is 675. The summed E-state index contributed by atoms with van der Waals surface area (Å²) in [7, 11) is 2.05. The maximum absolute atomic E-state index is 6.14. The van der Waals surface area contributed by atoms with E-state index in [0.29, 0.717) is 17.8 Å². The number of hydrogen-bond acceptors (Lipinski definition) is 5. The smallest absolute Gasteiger partial charge is 0.138 e. The van der Waals surface area contributed by atoms with Gasteiger partial charge in [0.15, 0.2) is 0 Å². The van der Waals surface area contributed by atoms with Gasteiger partial charge in [0.05, 0.1) is 0 Å². The van der Waals surface area contributed by atoms with Crippen LogP contribution in [-0.2, 0) is 6.42 Å². The van der Waals surface area contributed by atoms with Crippen LogP contribution >= 0.6 is 0 Å². The number of likely N-dealkylation sites (N-methyl/N-ethyl adjacent to an activating group) is 1. The van der Waals surface area contributed by atoms with E-state index in [-0.39, 0.29) is 0 Å². The molecule has 2 aliphatic carbocycles. The minimum absolute atomic E-state index is 0.453. The van der Waals surface area contributed by atoms with Gasteiger partial charge in [-0.3, -0.25) is 0 Å². The van der Waals surface area contributed by atoms with Crippen LogP contribution in [0.2, 0.25) is 0 Å². The molecule has 0 bridgehead atoms. The second kappa shape index (κ2) is 7.16. The zero-order valence-corrected chi connectivity index (χ0v) is 15.1. The van der Waals surface area contributed by atoms with E-state index in [9.17, 15) is 0 Å². The molecule has 1 aromatic rings. The molecule has 1 saturated carbocycles. The number of rotatable bonds is 4. The predicted molar refractivity (Wildman–Crippen MR) is 102 cm³/mol. The van der Waals surface area contributed by atoms with Crippen molar-refractivity contribution in [3.63, 3.8) is 0 Å². The van der Waals surface area contributed by atoms with Crippen LogP contribution in [0.3, 0.4) is 0 Å². The second-order valence-electron chi connectivity index (χ2n) is 7.64. The Labute approximate surface area is 150 Å². The number of fused-ring (bicyclic) bond motifs is 1. The van der Waals surface area contributed by atoms with Crippen molar-refractivity contribution in [2.75, 3.05) is 24.2 Å². The molecule has 1 saturated heterocycles. The first kappa shape index (κ1) is 16.6. The molecule has 1 aromatic heterocycles. The second-order valence-corrected chi connectivity index (χ2v) is 7.64. The van der Waals surface area contributed by atoms with Crippen molar-refractivity contribution in [3.8, 4) is 0 Å². The molecule has 3 aliphatic rings. The summed E-state index contributed by atoms with van der Waals surface area (Å²) in [5.41, 5.74) is 7.49. The molecule has 134 valence electrons. The number of hydrogen-bond donors (Lipinski definition) is 2. The Hall–Kier alpha value is -1.88. The lowest BCUT2D eigenvalue weighted by atomic mass is 9.87. The van der Waals surface area contributed by atoms with Gasteiger partial charge >= 0.3 is 0 Å². The van der Waals surface area contributed by atoms with Crippen molar-refractivity contribution in [1.29, 1.82) is 0 Å². The Balaban J connectivity index is 1.59. The third-order valence-electron chi connectivity index (χ3n) is 5.97. The third kappa shape index (κ3) is 3.43. The Morgan fingerprint density at radius 2 is 2.08 bits per heavy atom. The fourth-order valence-corrected chi connectivity index (χ4v) is 4.63. The Morgan fingerprint density at radius 3 is 2.88 bits per heavy atom. The van der Waals surface area contributed by atoms with Gasteiger partial charge in [-0.2, -0.15) is 0 Å². The summed E-state index contributed by atoms with van der Waals surface area (Å²) in [6.45, 7) is 0.938. The summed E-state index contributed by atoms with van der Waals surface area (Å²) in [5, 5.41) is 3.47. The average molecular weight is 339 g/mol. The van der Waals surface area contributed by atoms with Gasteiger partial charge in [-0.05, 0) is 25.5 Å². The van der Waals surface area contributed by atoms with Crippen LogP contribution in [0.15, 0.2) is 30.0 Å². The average Bonchev–Trinajstić information content (AvgIpc) is 3.01. The zero-order chi connectivity index (χ0) is 17.2. The van der Waals surface area contributed by atoms with Gasteiger partial charge in [-0.1, -0.05) is 44.3 Å². The van der Waals surface area contributed by atoms with Crippen LogP contribution in [0.25, 0.3) is 0 Å². The molecule has 4 rings (SSSR count). The summed E-state index contributed by atoms with van der Waals surface area (Å²) in [4.78, 5) is 11.8. The molecular weight excluding hydrogens is 310 g/mol. The van der Waals surface area contributed by atoms with E-state index >= 15 is 0 Å². The number of nitrogens with one attached hydrogen (secondary N) is 1. The molecule has 0 aromatic carbocycles. The Morgan fingerprint density at radius 1 is 1.24 bits per heavy atom. The third-order valence-corrected chi connectivity index (χ3v) is 5.97. The number of allylic oxidation sites excluding steroid dienone is 3. The van der Waals surface area contributed by atoms with Gasteiger partial charge in [0, 0.05) is 36.7 Å². The molecule has 2 fully saturated rings. The van der Waals surface area contributed by atoms with Gasteiger partial charge in [-0.25, -0.2) is 9.97 Å². The first-order chi connectivity index (χ1) is 12.2. The maximum Gasteiger partial charge on any atom is 0.138 e. The molecule has 0 radical (unpaired) electrons. The van der Waals surface area contributed by atoms with Gasteiger partial charge in [-0.15, -0.1) is 0 Å². The van der Waals surface area contributed by atoms with Crippen LogP contribution in [0, 0.1) is 11.8 Å². The van der Waals surface area contributed by atoms with E-state index < -0.39 is 0 Å². The van der Waals surface area contributed by atoms with E-state index in [1.165, 1.54) is 37.8 Å². The molecular formula is C20H29N5. The summed E-state index contributed by atoms with van der Waals surface area (Å²) in [6.07, 6.45) is 15.4. The van der Waals surface area contributed by atoms with Crippen LogP contribution in [0.5, 0.6) is 0 Å². The number of aromatic nitrogens is 2. The fourth-order valence-electron chi connectivity index (χ4n) is 4.63. The Kier molecular flexibility index (Phi) is 4.75. The molecule has 5 heteroatoms.